The van der Waals surface area contributed by atoms with Crippen molar-refractivity contribution in [1.29, 1.82) is 0 Å². The Kier molecular flexibility index (Phi) is 5.90. The third-order valence-electron chi connectivity index (χ3n) is 4.11. The summed E-state index contributed by atoms with van der Waals surface area (Å²) >= 11 is 2.28. The minimum atomic E-state index is 0.550. The fourth-order valence-electron chi connectivity index (χ4n) is 2.78. The first kappa shape index (κ1) is 17.0. The van der Waals surface area contributed by atoms with Crippen LogP contribution in [-0.4, -0.2) is 16.5 Å². The van der Waals surface area contributed by atoms with Crippen molar-refractivity contribution in [3.63, 3.8) is 0 Å². The summed E-state index contributed by atoms with van der Waals surface area (Å²) in [6.45, 7) is 0.843. The van der Waals surface area contributed by atoms with Gasteiger partial charge in [-0.25, -0.2) is 9.97 Å². The Balaban J connectivity index is 1.62. The predicted molar refractivity (Wildman–Crippen MR) is 109 cm³/mol. The first-order valence-electron chi connectivity index (χ1n) is 8.27. The number of allylic oxidation sites excluding steroid dienone is 1. The van der Waals surface area contributed by atoms with Crippen LogP contribution >= 0.6 is 22.6 Å². The van der Waals surface area contributed by atoms with E-state index in [1.54, 1.807) is 5.57 Å². The van der Waals surface area contributed by atoms with E-state index in [0.29, 0.717) is 17.3 Å². The van der Waals surface area contributed by atoms with Crippen LogP contribution in [0.5, 0.6) is 0 Å². The molecule has 1 aromatic carbocycles. The average Bonchev–Trinajstić information content (AvgIpc) is 2.61. The normalized spacial score (nSPS) is 14.1. The maximum Gasteiger partial charge on any atom is 0.159 e. The SMILES string of the molecule is Nc1c(NCCC2=CCCCC2)ncnc1Nc1ccc(I)cc1. The fraction of sp³-hybridized carbons (Fsp3) is 0.333. The monoisotopic (exact) mass is 435 g/mol. The number of nitrogens with two attached hydrogens (primary N) is 1. The molecule has 24 heavy (non-hydrogen) atoms. The zero-order valence-electron chi connectivity index (χ0n) is 13.6. The summed E-state index contributed by atoms with van der Waals surface area (Å²) in [5.74, 6) is 1.32. The fourth-order valence-corrected chi connectivity index (χ4v) is 3.14. The zero-order chi connectivity index (χ0) is 16.8. The van der Waals surface area contributed by atoms with Gasteiger partial charge in [0.05, 0.1) is 0 Å². The van der Waals surface area contributed by atoms with Crippen LogP contribution in [0.3, 0.4) is 0 Å². The van der Waals surface area contributed by atoms with Crippen molar-refractivity contribution in [2.45, 2.75) is 32.1 Å². The minimum Gasteiger partial charge on any atom is -0.393 e. The van der Waals surface area contributed by atoms with Gasteiger partial charge in [0, 0.05) is 15.8 Å². The van der Waals surface area contributed by atoms with Crippen molar-refractivity contribution in [2.24, 2.45) is 0 Å². The van der Waals surface area contributed by atoms with Gasteiger partial charge in [0.1, 0.15) is 12.0 Å². The van der Waals surface area contributed by atoms with Gasteiger partial charge in [-0.15, -0.1) is 0 Å². The topological polar surface area (TPSA) is 75.9 Å². The molecule has 1 aromatic heterocycles. The molecule has 0 atom stereocenters. The van der Waals surface area contributed by atoms with Gasteiger partial charge in [-0.2, -0.15) is 0 Å². The number of anilines is 4. The van der Waals surface area contributed by atoms with Gasteiger partial charge in [0.2, 0.25) is 0 Å². The number of nitrogens with one attached hydrogen (secondary N) is 2. The van der Waals surface area contributed by atoms with Crippen LogP contribution in [0.15, 0.2) is 42.2 Å². The van der Waals surface area contributed by atoms with E-state index in [4.69, 9.17) is 5.73 Å². The van der Waals surface area contributed by atoms with Crippen molar-refractivity contribution in [1.82, 2.24) is 9.97 Å². The van der Waals surface area contributed by atoms with Gasteiger partial charge in [-0.3, -0.25) is 0 Å². The Hall–Kier alpha value is -1.83. The third kappa shape index (κ3) is 4.59. The molecule has 5 nitrogen and oxygen atoms in total. The molecule has 4 N–H and O–H groups in total. The standard InChI is InChI=1S/C18H22IN5/c19-14-6-8-15(9-7-14)24-18-16(20)17(22-12-23-18)21-11-10-13-4-2-1-3-5-13/h4,6-9,12H,1-3,5,10-11,20H2,(H2,21,22,23,24). The minimum absolute atomic E-state index is 0.550. The van der Waals surface area contributed by atoms with Crippen molar-refractivity contribution in [2.75, 3.05) is 22.9 Å². The predicted octanol–water partition coefficient (Wildman–Crippen LogP) is 4.71. The molecule has 0 unspecified atom stereocenters. The molecule has 1 aliphatic rings. The van der Waals surface area contributed by atoms with E-state index in [9.17, 15) is 0 Å². The molecule has 126 valence electrons. The van der Waals surface area contributed by atoms with E-state index < -0.39 is 0 Å². The molecule has 0 spiro atoms. The second-order valence-corrected chi connectivity index (χ2v) is 7.15. The molecular weight excluding hydrogens is 413 g/mol. The quantitative estimate of drug-likeness (QED) is 0.453. The summed E-state index contributed by atoms with van der Waals surface area (Å²) in [5, 5.41) is 6.59. The Morgan fingerprint density at radius 2 is 1.88 bits per heavy atom. The van der Waals surface area contributed by atoms with E-state index in [1.165, 1.54) is 35.6 Å². The molecule has 0 saturated carbocycles. The summed E-state index contributed by atoms with van der Waals surface area (Å²) in [7, 11) is 0. The van der Waals surface area contributed by atoms with Crippen molar-refractivity contribution in [3.8, 4) is 0 Å². The van der Waals surface area contributed by atoms with E-state index >= 15 is 0 Å². The number of aromatic nitrogens is 2. The third-order valence-corrected chi connectivity index (χ3v) is 4.83. The lowest BCUT2D eigenvalue weighted by Crippen LogP contribution is -2.10. The number of nitrogens with zero attached hydrogens (tertiary/aromatic N) is 2. The average molecular weight is 435 g/mol. The molecule has 0 aliphatic heterocycles. The van der Waals surface area contributed by atoms with Crippen LogP contribution < -0.4 is 16.4 Å². The van der Waals surface area contributed by atoms with Crippen molar-refractivity contribution >= 4 is 45.6 Å². The van der Waals surface area contributed by atoms with Crippen molar-refractivity contribution in [3.05, 3.63) is 45.8 Å². The molecule has 2 aromatic rings. The number of rotatable bonds is 6. The number of nitrogen functional groups attached to an aromatic ring is 1. The maximum atomic E-state index is 6.21. The second-order valence-electron chi connectivity index (χ2n) is 5.90. The van der Waals surface area contributed by atoms with E-state index in [1.807, 2.05) is 24.3 Å². The molecule has 1 heterocycles. The lowest BCUT2D eigenvalue weighted by Gasteiger charge is -2.15. The summed E-state index contributed by atoms with van der Waals surface area (Å²) in [6, 6.07) is 8.09. The molecule has 1 aliphatic carbocycles. The van der Waals surface area contributed by atoms with Gasteiger partial charge in [0.15, 0.2) is 11.6 Å². The zero-order valence-corrected chi connectivity index (χ0v) is 15.7. The van der Waals surface area contributed by atoms with E-state index in [2.05, 4.69) is 49.3 Å². The van der Waals surface area contributed by atoms with Gasteiger partial charge in [-0.1, -0.05) is 11.6 Å². The van der Waals surface area contributed by atoms with E-state index in [0.717, 1.165) is 18.7 Å². The van der Waals surface area contributed by atoms with Gasteiger partial charge >= 0.3 is 0 Å². The Morgan fingerprint density at radius 3 is 2.62 bits per heavy atom. The highest BCUT2D eigenvalue weighted by Crippen LogP contribution is 2.26. The number of hydrogen-bond acceptors (Lipinski definition) is 5. The maximum absolute atomic E-state index is 6.21. The van der Waals surface area contributed by atoms with Crippen LogP contribution in [0.25, 0.3) is 0 Å². The number of halogens is 1. The second kappa shape index (κ2) is 8.32. The highest BCUT2D eigenvalue weighted by atomic mass is 127. The highest BCUT2D eigenvalue weighted by Gasteiger charge is 2.09. The summed E-state index contributed by atoms with van der Waals surface area (Å²) in [6.07, 6.45) is 10.0. The number of benzene rings is 1. The number of hydrogen-bond donors (Lipinski definition) is 3. The van der Waals surface area contributed by atoms with Gasteiger partial charge < -0.3 is 16.4 Å². The highest BCUT2D eigenvalue weighted by molar-refractivity contribution is 14.1. The van der Waals surface area contributed by atoms with Crippen molar-refractivity contribution < 1.29 is 0 Å². The Morgan fingerprint density at radius 1 is 1.08 bits per heavy atom. The molecule has 0 bridgehead atoms. The van der Waals surface area contributed by atoms with Crippen LogP contribution in [0.1, 0.15) is 32.1 Å². The summed E-state index contributed by atoms with van der Waals surface area (Å²) < 4.78 is 1.19. The molecule has 3 rings (SSSR count). The Labute approximate surface area is 156 Å². The van der Waals surface area contributed by atoms with Crippen LogP contribution in [-0.2, 0) is 0 Å². The smallest absolute Gasteiger partial charge is 0.159 e. The van der Waals surface area contributed by atoms with Gasteiger partial charge in [0.25, 0.3) is 0 Å². The lowest BCUT2D eigenvalue weighted by atomic mass is 9.97. The van der Waals surface area contributed by atoms with Crippen LogP contribution in [0.2, 0.25) is 0 Å². The first-order chi connectivity index (χ1) is 11.7. The van der Waals surface area contributed by atoms with Crippen LogP contribution in [0.4, 0.5) is 23.0 Å². The molecular formula is C18H22IN5. The first-order valence-corrected chi connectivity index (χ1v) is 9.35. The lowest BCUT2D eigenvalue weighted by molar-refractivity contribution is 0.679. The van der Waals surface area contributed by atoms with Gasteiger partial charge in [-0.05, 0) is 79.0 Å². The molecule has 0 saturated heterocycles. The van der Waals surface area contributed by atoms with Crippen LogP contribution in [0, 0.1) is 3.57 Å². The molecule has 0 amide bonds. The largest absolute Gasteiger partial charge is 0.393 e. The molecule has 0 fully saturated rings. The van der Waals surface area contributed by atoms with E-state index in [-0.39, 0.29) is 0 Å². The molecule has 0 radical (unpaired) electrons. The summed E-state index contributed by atoms with van der Waals surface area (Å²) in [4.78, 5) is 8.52. The Bertz CT molecular complexity index is 712. The summed E-state index contributed by atoms with van der Waals surface area (Å²) in [5.41, 5.74) is 9.26. The molecule has 6 heteroatoms.